The minimum atomic E-state index is 0.220. The molecule has 0 spiro atoms. The standard InChI is InChI=1S/C19H25NO2S/c21-19(20-9-3-5-14-4-1-2-6-17(14)20)16-12-18(23-13-16)15-7-10-22-11-8-15/h6,12-15H,1-5,7-11H2. The van der Waals surface area contributed by atoms with Gasteiger partial charge in [-0.05, 0) is 62.8 Å². The van der Waals surface area contributed by atoms with Crippen LogP contribution in [0.1, 0.15) is 66.1 Å². The third-order valence-corrected chi connectivity index (χ3v) is 6.61. The summed E-state index contributed by atoms with van der Waals surface area (Å²) in [4.78, 5) is 16.5. The summed E-state index contributed by atoms with van der Waals surface area (Å²) in [5.74, 6) is 1.42. The topological polar surface area (TPSA) is 29.5 Å². The maximum atomic E-state index is 13.0. The highest BCUT2D eigenvalue weighted by atomic mass is 32.1. The van der Waals surface area contributed by atoms with Crippen LogP contribution in [0.2, 0.25) is 0 Å². The van der Waals surface area contributed by atoms with Crippen molar-refractivity contribution in [2.75, 3.05) is 19.8 Å². The lowest BCUT2D eigenvalue weighted by atomic mass is 9.84. The van der Waals surface area contributed by atoms with Gasteiger partial charge in [0, 0.05) is 35.7 Å². The van der Waals surface area contributed by atoms with E-state index >= 15 is 0 Å². The monoisotopic (exact) mass is 331 g/mol. The molecule has 0 N–H and O–H groups in total. The van der Waals surface area contributed by atoms with Crippen LogP contribution in [0.3, 0.4) is 0 Å². The van der Waals surface area contributed by atoms with E-state index in [0.29, 0.717) is 11.8 Å². The van der Waals surface area contributed by atoms with Gasteiger partial charge in [-0.15, -0.1) is 11.3 Å². The van der Waals surface area contributed by atoms with Gasteiger partial charge in [0.2, 0.25) is 0 Å². The number of carbonyl (C=O) groups is 1. The smallest absolute Gasteiger partial charge is 0.258 e. The van der Waals surface area contributed by atoms with E-state index in [4.69, 9.17) is 4.74 Å². The Balaban J connectivity index is 1.52. The molecule has 1 amide bonds. The van der Waals surface area contributed by atoms with Gasteiger partial charge in [0.25, 0.3) is 5.91 Å². The molecule has 124 valence electrons. The maximum Gasteiger partial charge on any atom is 0.258 e. The molecule has 2 fully saturated rings. The van der Waals surface area contributed by atoms with E-state index in [-0.39, 0.29) is 5.91 Å². The number of thiophene rings is 1. The van der Waals surface area contributed by atoms with Gasteiger partial charge in [-0.3, -0.25) is 4.79 Å². The Labute approximate surface area is 142 Å². The number of hydrogen-bond donors (Lipinski definition) is 0. The highest BCUT2D eigenvalue weighted by Gasteiger charge is 2.31. The number of rotatable bonds is 2. The summed E-state index contributed by atoms with van der Waals surface area (Å²) in [6.45, 7) is 2.60. The third kappa shape index (κ3) is 3.11. The summed E-state index contributed by atoms with van der Waals surface area (Å²) in [5, 5.41) is 2.07. The van der Waals surface area contributed by atoms with Crippen molar-refractivity contribution in [3.63, 3.8) is 0 Å². The zero-order valence-corrected chi connectivity index (χ0v) is 14.4. The molecule has 1 aliphatic carbocycles. The molecule has 1 unspecified atom stereocenters. The van der Waals surface area contributed by atoms with Crippen LogP contribution in [0.5, 0.6) is 0 Å². The molecule has 3 heterocycles. The Bertz CT molecular complexity index is 600. The first-order valence-corrected chi connectivity index (χ1v) is 9.89. The highest BCUT2D eigenvalue weighted by Crippen LogP contribution is 2.37. The quantitative estimate of drug-likeness (QED) is 0.795. The molecule has 4 rings (SSSR count). The lowest BCUT2D eigenvalue weighted by Gasteiger charge is -2.37. The number of ether oxygens (including phenoxy) is 1. The number of amides is 1. The van der Waals surface area contributed by atoms with Crippen LogP contribution in [0, 0.1) is 5.92 Å². The van der Waals surface area contributed by atoms with Crippen molar-refractivity contribution >= 4 is 17.2 Å². The summed E-state index contributed by atoms with van der Waals surface area (Å²) in [5.41, 5.74) is 2.20. The van der Waals surface area contributed by atoms with Crippen LogP contribution >= 0.6 is 11.3 Å². The van der Waals surface area contributed by atoms with Crippen molar-refractivity contribution in [2.24, 2.45) is 5.92 Å². The largest absolute Gasteiger partial charge is 0.381 e. The van der Waals surface area contributed by atoms with Gasteiger partial charge in [-0.2, -0.15) is 0 Å². The molecule has 0 saturated carbocycles. The first-order valence-electron chi connectivity index (χ1n) is 9.01. The number of nitrogens with zero attached hydrogens (tertiary/aromatic N) is 1. The van der Waals surface area contributed by atoms with E-state index in [1.165, 1.54) is 29.8 Å². The first-order chi connectivity index (χ1) is 11.3. The predicted molar refractivity (Wildman–Crippen MR) is 92.8 cm³/mol. The normalized spacial score (nSPS) is 25.8. The summed E-state index contributed by atoms with van der Waals surface area (Å²) in [6.07, 6.45) is 10.6. The van der Waals surface area contributed by atoms with Crippen molar-refractivity contribution < 1.29 is 9.53 Å². The Morgan fingerprint density at radius 2 is 1.96 bits per heavy atom. The molecule has 0 radical (unpaired) electrons. The third-order valence-electron chi connectivity index (χ3n) is 5.51. The fourth-order valence-electron chi connectivity index (χ4n) is 4.21. The van der Waals surface area contributed by atoms with Crippen molar-refractivity contribution in [1.82, 2.24) is 4.90 Å². The van der Waals surface area contributed by atoms with E-state index < -0.39 is 0 Å². The van der Waals surface area contributed by atoms with Crippen molar-refractivity contribution in [1.29, 1.82) is 0 Å². The van der Waals surface area contributed by atoms with Crippen LogP contribution in [0.25, 0.3) is 0 Å². The molecule has 2 aliphatic heterocycles. The fourth-order valence-corrected chi connectivity index (χ4v) is 5.27. The van der Waals surface area contributed by atoms with Crippen LogP contribution in [0.4, 0.5) is 0 Å². The average molecular weight is 331 g/mol. The molecule has 0 bridgehead atoms. The Morgan fingerprint density at radius 3 is 2.83 bits per heavy atom. The molecule has 0 aromatic carbocycles. The molecule has 1 aromatic heterocycles. The maximum absolute atomic E-state index is 13.0. The minimum absolute atomic E-state index is 0.220. The van der Waals surface area contributed by atoms with Crippen molar-refractivity contribution in [3.8, 4) is 0 Å². The first kappa shape index (κ1) is 15.4. The lowest BCUT2D eigenvalue weighted by molar-refractivity contribution is 0.0749. The molecule has 4 heteroatoms. The second-order valence-electron chi connectivity index (χ2n) is 6.98. The molecule has 3 nitrogen and oxygen atoms in total. The van der Waals surface area contributed by atoms with Gasteiger partial charge in [0.1, 0.15) is 0 Å². The minimum Gasteiger partial charge on any atom is -0.381 e. The second-order valence-corrected chi connectivity index (χ2v) is 7.92. The Morgan fingerprint density at radius 1 is 1.13 bits per heavy atom. The number of piperidine rings is 1. The summed E-state index contributed by atoms with van der Waals surface area (Å²) in [6, 6.07) is 2.15. The number of likely N-dealkylation sites (tertiary alicyclic amines) is 1. The van der Waals surface area contributed by atoms with E-state index in [2.05, 4.69) is 22.4 Å². The number of carbonyl (C=O) groups excluding carboxylic acids is 1. The molecular formula is C19H25NO2S. The molecule has 1 aromatic rings. The van der Waals surface area contributed by atoms with Crippen LogP contribution in [-0.2, 0) is 4.74 Å². The Hall–Kier alpha value is -1.13. The predicted octanol–water partition coefficient (Wildman–Crippen LogP) is 4.56. The number of hydrogen-bond acceptors (Lipinski definition) is 3. The Kier molecular flexibility index (Phi) is 4.54. The molecule has 1 atom stereocenters. The highest BCUT2D eigenvalue weighted by molar-refractivity contribution is 7.10. The lowest BCUT2D eigenvalue weighted by Crippen LogP contribution is -2.38. The van der Waals surface area contributed by atoms with E-state index in [0.717, 1.165) is 51.0 Å². The molecule has 2 saturated heterocycles. The van der Waals surface area contributed by atoms with E-state index in [1.807, 2.05) is 0 Å². The van der Waals surface area contributed by atoms with Crippen LogP contribution in [0.15, 0.2) is 23.2 Å². The van der Waals surface area contributed by atoms with Gasteiger partial charge in [0.15, 0.2) is 0 Å². The zero-order chi connectivity index (χ0) is 15.6. The van der Waals surface area contributed by atoms with Crippen molar-refractivity contribution in [3.05, 3.63) is 33.7 Å². The SMILES string of the molecule is O=C(c1csc(C2CCOCC2)c1)N1CCCC2CCCC=C21. The second kappa shape index (κ2) is 6.78. The zero-order valence-electron chi connectivity index (χ0n) is 13.6. The van der Waals surface area contributed by atoms with Gasteiger partial charge in [-0.25, -0.2) is 0 Å². The van der Waals surface area contributed by atoms with Gasteiger partial charge < -0.3 is 9.64 Å². The van der Waals surface area contributed by atoms with Gasteiger partial charge in [-0.1, -0.05) is 6.08 Å². The van der Waals surface area contributed by atoms with E-state index in [1.54, 1.807) is 11.3 Å². The van der Waals surface area contributed by atoms with Crippen molar-refractivity contribution in [2.45, 2.75) is 50.9 Å². The molecule has 3 aliphatic rings. The number of fused-ring (bicyclic) bond motifs is 1. The molecular weight excluding hydrogens is 306 g/mol. The summed E-state index contributed by atoms with van der Waals surface area (Å²) in [7, 11) is 0. The van der Waals surface area contributed by atoms with Gasteiger partial charge >= 0.3 is 0 Å². The summed E-state index contributed by atoms with van der Waals surface area (Å²) >= 11 is 1.76. The van der Waals surface area contributed by atoms with E-state index in [9.17, 15) is 4.79 Å². The van der Waals surface area contributed by atoms with Gasteiger partial charge in [0.05, 0.1) is 5.56 Å². The number of allylic oxidation sites excluding steroid dienone is 2. The summed E-state index contributed by atoms with van der Waals surface area (Å²) < 4.78 is 5.45. The average Bonchev–Trinajstić information content (AvgIpc) is 3.11. The molecule has 23 heavy (non-hydrogen) atoms. The van der Waals surface area contributed by atoms with Crippen LogP contribution in [-0.4, -0.2) is 30.6 Å². The fraction of sp³-hybridized carbons (Fsp3) is 0.632. The van der Waals surface area contributed by atoms with Crippen LogP contribution < -0.4 is 0 Å².